The molecule has 9 aromatic carbocycles. The van der Waals surface area contributed by atoms with Gasteiger partial charge in [0.15, 0.2) is 0 Å². The van der Waals surface area contributed by atoms with Crippen molar-refractivity contribution in [2.45, 2.75) is 0 Å². The zero-order valence-electron chi connectivity index (χ0n) is 25.8. The van der Waals surface area contributed by atoms with Crippen LogP contribution in [-0.2, 0) is 0 Å². The van der Waals surface area contributed by atoms with Gasteiger partial charge in [-0.05, 0) is 95.7 Å². The first-order valence-electron chi connectivity index (χ1n) is 16.4. The van der Waals surface area contributed by atoms with Gasteiger partial charge in [0.25, 0.3) is 0 Å². The number of furan rings is 1. The number of hydrogen-bond acceptors (Lipinski definition) is 2. The maximum absolute atomic E-state index is 6.66. The van der Waals surface area contributed by atoms with E-state index in [9.17, 15) is 0 Å². The monoisotopic (exact) mass is 626 g/mol. The van der Waals surface area contributed by atoms with Crippen LogP contribution in [0.1, 0.15) is 0 Å². The molecule has 0 aliphatic rings. The van der Waals surface area contributed by atoms with Crippen LogP contribution < -0.4 is 0 Å². The summed E-state index contributed by atoms with van der Waals surface area (Å²) in [6, 6.07) is 57.8. The van der Waals surface area contributed by atoms with E-state index in [0.717, 1.165) is 11.2 Å². The quantitative estimate of drug-likeness (QED) is 0.174. The summed E-state index contributed by atoms with van der Waals surface area (Å²) < 4.78 is 9.18. The molecule has 0 saturated carbocycles. The molecule has 0 aliphatic carbocycles. The minimum Gasteiger partial charge on any atom is -0.455 e. The number of benzene rings is 9. The molecule has 1 nitrogen and oxygen atoms in total. The van der Waals surface area contributed by atoms with Gasteiger partial charge in [-0.25, -0.2) is 0 Å². The fourth-order valence-corrected chi connectivity index (χ4v) is 9.26. The molecule has 0 fully saturated rings. The van der Waals surface area contributed by atoms with Crippen LogP contribution in [0.2, 0.25) is 0 Å². The van der Waals surface area contributed by atoms with Crippen molar-refractivity contribution in [3.8, 4) is 22.3 Å². The van der Waals surface area contributed by atoms with E-state index in [1.807, 2.05) is 11.3 Å². The van der Waals surface area contributed by atoms with Gasteiger partial charge in [-0.1, -0.05) is 127 Å². The van der Waals surface area contributed by atoms with E-state index in [-0.39, 0.29) is 0 Å². The third kappa shape index (κ3) is 3.61. The zero-order valence-corrected chi connectivity index (χ0v) is 26.6. The molecule has 0 spiro atoms. The van der Waals surface area contributed by atoms with E-state index in [0.29, 0.717) is 0 Å². The minimum atomic E-state index is 0.941. The molecule has 0 radical (unpaired) electrons. The molecule has 0 aliphatic heterocycles. The van der Waals surface area contributed by atoms with Crippen LogP contribution in [0.5, 0.6) is 0 Å². The smallest absolute Gasteiger partial charge is 0.144 e. The van der Waals surface area contributed by atoms with E-state index >= 15 is 0 Å². The molecule has 11 rings (SSSR count). The Hall–Kier alpha value is -5.96. The average molecular weight is 627 g/mol. The van der Waals surface area contributed by atoms with E-state index < -0.39 is 0 Å². The average Bonchev–Trinajstić information content (AvgIpc) is 3.71. The normalized spacial score (nSPS) is 12.2. The Morgan fingerprint density at radius 3 is 1.65 bits per heavy atom. The molecule has 2 aromatic heterocycles. The maximum Gasteiger partial charge on any atom is 0.144 e. The van der Waals surface area contributed by atoms with Gasteiger partial charge in [0.05, 0.1) is 0 Å². The summed E-state index contributed by atoms with van der Waals surface area (Å²) in [6.45, 7) is 0. The predicted octanol–water partition coefficient (Wildman–Crippen LogP) is 13.9. The van der Waals surface area contributed by atoms with Gasteiger partial charge in [-0.3, -0.25) is 0 Å². The highest BCUT2D eigenvalue weighted by Gasteiger charge is 2.20. The highest BCUT2D eigenvalue weighted by molar-refractivity contribution is 7.26. The largest absolute Gasteiger partial charge is 0.455 e. The Labute approximate surface area is 279 Å². The molecule has 0 unspecified atom stereocenters. The summed E-state index contributed by atoms with van der Waals surface area (Å²) in [7, 11) is 0. The fourth-order valence-electron chi connectivity index (χ4n) is 8.11. The molecule has 0 atom stereocenters. The van der Waals surface area contributed by atoms with E-state index in [1.165, 1.54) is 96.3 Å². The molecule has 2 heterocycles. The van der Waals surface area contributed by atoms with E-state index in [2.05, 4.69) is 158 Å². The van der Waals surface area contributed by atoms with Crippen LogP contribution in [-0.4, -0.2) is 0 Å². The Kier molecular flexibility index (Phi) is 5.32. The van der Waals surface area contributed by atoms with Crippen molar-refractivity contribution in [2.24, 2.45) is 0 Å². The SMILES string of the molecule is c1ccc2cc(-c3c4ccccc4c(-c4ccc5c(c4)sc4ccc6c(oc7ccc8ccccc8c76)c45)c4ccccc34)ccc2c1. The third-order valence-corrected chi connectivity index (χ3v) is 11.3. The van der Waals surface area contributed by atoms with Crippen LogP contribution in [0.15, 0.2) is 162 Å². The Bertz CT molecular complexity index is 3060. The molecule has 0 saturated heterocycles. The number of rotatable bonds is 2. The van der Waals surface area contributed by atoms with E-state index in [1.54, 1.807) is 0 Å². The second-order valence-electron chi connectivity index (χ2n) is 12.8. The Morgan fingerprint density at radius 2 is 0.917 bits per heavy atom. The summed E-state index contributed by atoms with van der Waals surface area (Å²) in [4.78, 5) is 0. The molecule has 2 heteroatoms. The lowest BCUT2D eigenvalue weighted by Crippen LogP contribution is -1.90. The second-order valence-corrected chi connectivity index (χ2v) is 13.9. The second kappa shape index (κ2) is 9.78. The van der Waals surface area contributed by atoms with Crippen molar-refractivity contribution in [2.75, 3.05) is 0 Å². The van der Waals surface area contributed by atoms with Crippen molar-refractivity contribution in [1.82, 2.24) is 0 Å². The van der Waals surface area contributed by atoms with Gasteiger partial charge in [-0.2, -0.15) is 0 Å². The molecular weight excluding hydrogens is 601 g/mol. The van der Waals surface area contributed by atoms with E-state index in [4.69, 9.17) is 4.42 Å². The highest BCUT2D eigenvalue weighted by Crippen LogP contribution is 2.47. The summed E-state index contributed by atoms with van der Waals surface area (Å²) in [6.07, 6.45) is 0. The summed E-state index contributed by atoms with van der Waals surface area (Å²) in [5.74, 6) is 0. The van der Waals surface area contributed by atoms with Crippen molar-refractivity contribution in [3.63, 3.8) is 0 Å². The molecular formula is C46H26OS. The standard InChI is InChI=1S/C46H26OS/c1-2-11-29-25-30(18-17-27(29)9-1)42-33-13-5-7-15-35(33)43(36-16-8-6-14-34(36)42)31-19-21-37-41(26-31)48-40-24-22-38-44-32-12-4-3-10-28(32)20-23-39(44)47-46(38)45(37)40/h1-26H. The molecule has 48 heavy (non-hydrogen) atoms. The molecule has 11 aromatic rings. The topological polar surface area (TPSA) is 13.1 Å². The van der Waals surface area contributed by atoms with Crippen LogP contribution in [0.25, 0.3) is 107 Å². The predicted molar refractivity (Wildman–Crippen MR) is 208 cm³/mol. The first-order chi connectivity index (χ1) is 23.8. The lowest BCUT2D eigenvalue weighted by atomic mass is 9.85. The van der Waals surface area contributed by atoms with Gasteiger partial charge >= 0.3 is 0 Å². The summed E-state index contributed by atoms with van der Waals surface area (Å²) in [5.41, 5.74) is 6.97. The fraction of sp³-hybridized carbons (Fsp3) is 0. The molecule has 0 N–H and O–H groups in total. The van der Waals surface area contributed by atoms with Gasteiger partial charge in [0.1, 0.15) is 11.2 Å². The first-order valence-corrected chi connectivity index (χ1v) is 17.2. The molecule has 0 amide bonds. The van der Waals surface area contributed by atoms with Crippen LogP contribution in [0.4, 0.5) is 0 Å². The Balaban J connectivity index is 1.17. The number of thiophene rings is 1. The Morgan fingerprint density at radius 1 is 0.354 bits per heavy atom. The highest BCUT2D eigenvalue weighted by atomic mass is 32.1. The van der Waals surface area contributed by atoms with Crippen molar-refractivity contribution in [1.29, 1.82) is 0 Å². The first kappa shape index (κ1) is 26.1. The number of fused-ring (bicyclic) bond motifs is 12. The van der Waals surface area contributed by atoms with Gasteiger partial charge < -0.3 is 4.42 Å². The summed E-state index contributed by atoms with van der Waals surface area (Å²) in [5, 5.41) is 14.9. The zero-order chi connectivity index (χ0) is 31.3. The number of hydrogen-bond donors (Lipinski definition) is 0. The lowest BCUT2D eigenvalue weighted by molar-refractivity contribution is 0.673. The van der Waals surface area contributed by atoms with Crippen LogP contribution in [0, 0.1) is 0 Å². The van der Waals surface area contributed by atoms with Crippen molar-refractivity contribution < 1.29 is 4.42 Å². The van der Waals surface area contributed by atoms with Gasteiger partial charge in [0, 0.05) is 30.9 Å². The van der Waals surface area contributed by atoms with Gasteiger partial charge in [0.2, 0.25) is 0 Å². The lowest BCUT2D eigenvalue weighted by Gasteiger charge is -2.18. The maximum atomic E-state index is 6.66. The van der Waals surface area contributed by atoms with Crippen molar-refractivity contribution >= 4 is 96.5 Å². The third-order valence-electron chi connectivity index (χ3n) is 10.2. The van der Waals surface area contributed by atoms with Gasteiger partial charge in [-0.15, -0.1) is 11.3 Å². The van der Waals surface area contributed by atoms with Crippen LogP contribution in [0.3, 0.4) is 0 Å². The summed E-state index contributed by atoms with van der Waals surface area (Å²) >= 11 is 1.85. The van der Waals surface area contributed by atoms with Crippen molar-refractivity contribution in [3.05, 3.63) is 158 Å². The van der Waals surface area contributed by atoms with Crippen LogP contribution >= 0.6 is 11.3 Å². The minimum absolute atomic E-state index is 0.941. The molecule has 222 valence electrons. The molecule has 0 bridgehead atoms.